The van der Waals surface area contributed by atoms with Crippen molar-refractivity contribution in [3.63, 3.8) is 0 Å². The van der Waals surface area contributed by atoms with Crippen LogP contribution in [0.3, 0.4) is 0 Å². The second-order valence-corrected chi connectivity index (χ2v) is 15.1. The van der Waals surface area contributed by atoms with Crippen molar-refractivity contribution in [1.29, 1.82) is 0 Å². The van der Waals surface area contributed by atoms with Gasteiger partial charge in [-0.3, -0.25) is 0 Å². The fourth-order valence-corrected chi connectivity index (χ4v) is 8.33. The van der Waals surface area contributed by atoms with Gasteiger partial charge in [0, 0.05) is 16.5 Å². The molecule has 0 radical (unpaired) electrons. The summed E-state index contributed by atoms with van der Waals surface area (Å²) in [7, 11) is 0. The van der Waals surface area contributed by atoms with Gasteiger partial charge >= 0.3 is 0 Å². The highest BCUT2D eigenvalue weighted by atomic mass is 16.4. The Morgan fingerprint density at radius 1 is 0.364 bits per heavy atom. The van der Waals surface area contributed by atoms with E-state index in [0.717, 1.165) is 55.6 Å². The third kappa shape index (κ3) is 5.21. The summed E-state index contributed by atoms with van der Waals surface area (Å²) in [6, 6.07) is 60.2. The Bertz CT molecular complexity index is 2910. The number of nitrogens with zero attached hydrogens (tertiary/aromatic N) is 2. The lowest BCUT2D eigenvalue weighted by atomic mass is 9.81. The van der Waals surface area contributed by atoms with E-state index in [9.17, 15) is 0 Å². The van der Waals surface area contributed by atoms with Crippen molar-refractivity contribution in [2.75, 3.05) is 0 Å². The molecule has 0 N–H and O–H groups in total. The molecule has 1 aliphatic rings. The number of benzene rings is 8. The fraction of sp³-hybridized carbons (Fsp3) is 0.0588. The van der Waals surface area contributed by atoms with Crippen molar-refractivity contribution in [3.05, 3.63) is 181 Å². The molecule has 55 heavy (non-hydrogen) atoms. The number of para-hydroxylation sites is 4. The average Bonchev–Trinajstić information content (AvgIpc) is 3.93. The molecule has 0 bridgehead atoms. The van der Waals surface area contributed by atoms with Crippen molar-refractivity contribution in [3.8, 4) is 67.4 Å². The van der Waals surface area contributed by atoms with Crippen LogP contribution in [0.4, 0.5) is 0 Å². The van der Waals surface area contributed by atoms with Gasteiger partial charge in [-0.1, -0.05) is 98.8 Å². The Labute approximate surface area is 318 Å². The van der Waals surface area contributed by atoms with E-state index in [2.05, 4.69) is 135 Å². The molecular weight excluding hydrogens is 673 g/mol. The van der Waals surface area contributed by atoms with Gasteiger partial charge in [0.05, 0.1) is 0 Å². The summed E-state index contributed by atoms with van der Waals surface area (Å²) in [5.41, 5.74) is 17.3. The first-order valence-electron chi connectivity index (χ1n) is 18.7. The second kappa shape index (κ2) is 12.0. The van der Waals surface area contributed by atoms with Crippen LogP contribution in [0.5, 0.6) is 0 Å². The number of rotatable bonds is 5. The molecule has 10 aromatic rings. The molecule has 11 rings (SSSR count). The summed E-state index contributed by atoms with van der Waals surface area (Å²) in [5, 5.41) is 2.56. The molecule has 0 fully saturated rings. The highest BCUT2D eigenvalue weighted by Crippen LogP contribution is 2.51. The van der Waals surface area contributed by atoms with Crippen molar-refractivity contribution in [2.45, 2.75) is 19.3 Å². The molecule has 0 unspecified atom stereocenters. The largest absolute Gasteiger partial charge is 0.436 e. The summed E-state index contributed by atoms with van der Waals surface area (Å²) >= 11 is 0. The van der Waals surface area contributed by atoms with E-state index in [1.54, 1.807) is 0 Å². The SMILES string of the molecule is CC1(C)c2cc(-c3cc(-c4ccc(-c5nc6ccccc6o5)cc4)cc(-c4ccc(-c5nc6ccccc6o5)cc4)c3)ccc2-c2cc3ccccc3cc21. The van der Waals surface area contributed by atoms with Crippen molar-refractivity contribution < 1.29 is 8.83 Å². The van der Waals surface area contributed by atoms with Crippen LogP contribution in [0.2, 0.25) is 0 Å². The van der Waals surface area contributed by atoms with E-state index in [1.165, 1.54) is 44.2 Å². The van der Waals surface area contributed by atoms with Gasteiger partial charge in [-0.25, -0.2) is 9.97 Å². The number of hydrogen-bond donors (Lipinski definition) is 0. The van der Waals surface area contributed by atoms with E-state index in [0.29, 0.717) is 11.8 Å². The van der Waals surface area contributed by atoms with Crippen LogP contribution in [-0.2, 0) is 5.41 Å². The molecule has 4 heteroatoms. The average molecular weight is 707 g/mol. The van der Waals surface area contributed by atoms with Gasteiger partial charge in [0.25, 0.3) is 0 Å². The number of hydrogen-bond acceptors (Lipinski definition) is 4. The van der Waals surface area contributed by atoms with Crippen LogP contribution >= 0.6 is 0 Å². The summed E-state index contributed by atoms with van der Waals surface area (Å²) < 4.78 is 12.2. The first-order chi connectivity index (χ1) is 26.9. The lowest BCUT2D eigenvalue weighted by Crippen LogP contribution is -2.15. The van der Waals surface area contributed by atoms with Crippen LogP contribution in [0, 0.1) is 0 Å². The summed E-state index contributed by atoms with van der Waals surface area (Å²) in [6.07, 6.45) is 0. The van der Waals surface area contributed by atoms with Crippen LogP contribution in [0.1, 0.15) is 25.0 Å². The molecule has 2 heterocycles. The van der Waals surface area contributed by atoms with Crippen molar-refractivity contribution >= 4 is 33.0 Å². The minimum absolute atomic E-state index is 0.133. The third-order valence-electron chi connectivity index (χ3n) is 11.3. The van der Waals surface area contributed by atoms with Gasteiger partial charge in [0.2, 0.25) is 11.8 Å². The zero-order valence-corrected chi connectivity index (χ0v) is 30.4. The van der Waals surface area contributed by atoms with Crippen molar-refractivity contribution in [1.82, 2.24) is 9.97 Å². The Hall–Kier alpha value is -7.04. The molecule has 0 saturated heterocycles. The van der Waals surface area contributed by atoms with E-state index >= 15 is 0 Å². The maximum atomic E-state index is 6.09. The van der Waals surface area contributed by atoms with Gasteiger partial charge in [-0.15, -0.1) is 0 Å². The number of oxazole rings is 2. The molecule has 0 amide bonds. The van der Waals surface area contributed by atoms with Crippen LogP contribution < -0.4 is 0 Å². The van der Waals surface area contributed by atoms with Crippen LogP contribution in [0.25, 0.3) is 100 Å². The third-order valence-corrected chi connectivity index (χ3v) is 11.3. The Morgan fingerprint density at radius 2 is 0.800 bits per heavy atom. The summed E-state index contributed by atoms with van der Waals surface area (Å²) in [6.45, 7) is 4.71. The first-order valence-corrected chi connectivity index (χ1v) is 18.7. The molecule has 260 valence electrons. The van der Waals surface area contributed by atoms with E-state index in [-0.39, 0.29) is 5.41 Å². The Balaban J connectivity index is 1.01. The monoisotopic (exact) mass is 706 g/mol. The topological polar surface area (TPSA) is 52.1 Å². The molecule has 8 aromatic carbocycles. The quantitative estimate of drug-likeness (QED) is 0.179. The first kappa shape index (κ1) is 31.5. The fourth-order valence-electron chi connectivity index (χ4n) is 8.33. The number of aromatic nitrogens is 2. The molecule has 0 spiro atoms. The zero-order chi connectivity index (χ0) is 36.7. The van der Waals surface area contributed by atoms with E-state index in [4.69, 9.17) is 18.8 Å². The molecule has 2 aromatic heterocycles. The van der Waals surface area contributed by atoms with Crippen molar-refractivity contribution in [2.24, 2.45) is 0 Å². The highest BCUT2D eigenvalue weighted by Gasteiger charge is 2.36. The molecule has 0 aliphatic heterocycles. The van der Waals surface area contributed by atoms with Gasteiger partial charge in [-0.05, 0) is 151 Å². The van der Waals surface area contributed by atoms with E-state index < -0.39 is 0 Å². The minimum atomic E-state index is -0.133. The zero-order valence-electron chi connectivity index (χ0n) is 30.4. The number of fused-ring (bicyclic) bond motifs is 6. The van der Waals surface area contributed by atoms with Gasteiger partial charge in [0.1, 0.15) is 11.0 Å². The summed E-state index contributed by atoms with van der Waals surface area (Å²) in [4.78, 5) is 9.45. The van der Waals surface area contributed by atoms with Crippen LogP contribution in [-0.4, -0.2) is 9.97 Å². The molecule has 0 saturated carbocycles. The van der Waals surface area contributed by atoms with Gasteiger partial charge < -0.3 is 8.83 Å². The smallest absolute Gasteiger partial charge is 0.227 e. The molecule has 1 aliphatic carbocycles. The Morgan fingerprint density at radius 3 is 1.35 bits per heavy atom. The van der Waals surface area contributed by atoms with Gasteiger partial charge in [-0.2, -0.15) is 0 Å². The highest BCUT2D eigenvalue weighted by molar-refractivity contribution is 5.94. The lowest BCUT2D eigenvalue weighted by Gasteiger charge is -2.22. The predicted molar refractivity (Wildman–Crippen MR) is 224 cm³/mol. The summed E-state index contributed by atoms with van der Waals surface area (Å²) in [5.74, 6) is 1.24. The Kier molecular flexibility index (Phi) is 6.86. The maximum Gasteiger partial charge on any atom is 0.227 e. The maximum absolute atomic E-state index is 6.09. The molecule has 0 atom stereocenters. The molecule has 4 nitrogen and oxygen atoms in total. The second-order valence-electron chi connectivity index (χ2n) is 15.1. The van der Waals surface area contributed by atoms with Crippen LogP contribution in [0.15, 0.2) is 179 Å². The molecular formula is C51H34N2O2. The predicted octanol–water partition coefficient (Wildman–Crippen LogP) is 13.8. The normalized spacial score (nSPS) is 13.1. The van der Waals surface area contributed by atoms with E-state index in [1.807, 2.05) is 48.5 Å². The minimum Gasteiger partial charge on any atom is -0.436 e. The van der Waals surface area contributed by atoms with Gasteiger partial charge in [0.15, 0.2) is 11.2 Å². The lowest BCUT2D eigenvalue weighted by molar-refractivity contribution is 0.619. The standard InChI is InChI=1S/C51H34N2O2/c1-51(2)43-30-37(23-24-41(43)42-28-35-9-3-4-10-36(35)29-44(42)51)40-26-38(31-15-19-33(20-16-31)49-52-45-11-5-7-13-47(45)54-49)25-39(27-40)32-17-21-34(22-18-32)50-53-46-12-6-8-14-48(46)55-50/h3-30H,1-2H3.